The number of carbonyl (C=O) groups excluding carboxylic acids is 2. The van der Waals surface area contributed by atoms with E-state index in [1.807, 2.05) is 13.8 Å². The number of Topliss-reactive ketones (excluding diaryl/α,β-unsaturated/α-hetero) is 1. The zero-order valence-corrected chi connectivity index (χ0v) is 15.4. The van der Waals surface area contributed by atoms with Crippen molar-refractivity contribution in [2.24, 2.45) is 5.92 Å². The minimum absolute atomic E-state index is 0.0111. The monoisotopic (exact) mass is 372 g/mol. The lowest BCUT2D eigenvalue weighted by molar-refractivity contribution is -0.126. The lowest BCUT2D eigenvalue weighted by atomic mass is 10.1. The molecule has 1 amide bonds. The van der Waals surface area contributed by atoms with Crippen LogP contribution in [-0.4, -0.2) is 48.5 Å². The number of carbonyl (C=O) groups is 2. The Bertz CT molecular complexity index is 671. The van der Waals surface area contributed by atoms with Crippen molar-refractivity contribution < 1.29 is 18.0 Å². The van der Waals surface area contributed by atoms with Crippen LogP contribution in [0.5, 0.6) is 0 Å². The number of rotatable bonds is 6. The number of thiazole rings is 1. The summed E-state index contributed by atoms with van der Waals surface area (Å²) in [5.74, 6) is -0.211. The van der Waals surface area contributed by atoms with E-state index < -0.39 is 16.1 Å². The molecule has 0 spiro atoms. The highest BCUT2D eigenvalue weighted by molar-refractivity contribution is 7.91. The summed E-state index contributed by atoms with van der Waals surface area (Å²) in [5.41, 5.74) is 0. The van der Waals surface area contributed by atoms with Gasteiger partial charge >= 0.3 is 0 Å². The fourth-order valence-corrected chi connectivity index (χ4v) is 4.79. The Hall–Kier alpha value is -1.32. The molecule has 1 atom stereocenters. The summed E-state index contributed by atoms with van der Waals surface area (Å²) in [4.78, 5) is 28.1. The maximum Gasteiger partial charge on any atom is 0.270 e. The Kier molecular flexibility index (Phi) is 6.47. The standard InChI is InChI=1S/C15H22N3O4S2/c1-11(2)5-6-14(20)17-12-4-3-8-18(10-13(12)19)24(21,22)15-16-7-9-23-15/h6-7,9,11-12H,3-5,8,10H2,1-2H3,(H,17,20)/t12-/m0/s1. The van der Waals surface area contributed by atoms with Crippen molar-refractivity contribution >= 4 is 33.1 Å². The van der Waals surface area contributed by atoms with E-state index in [-0.39, 0.29) is 29.1 Å². The van der Waals surface area contributed by atoms with Crippen molar-refractivity contribution in [3.8, 4) is 0 Å². The lowest BCUT2D eigenvalue weighted by Crippen LogP contribution is -2.44. The molecule has 133 valence electrons. The number of sulfonamides is 1. The fourth-order valence-electron chi connectivity index (χ4n) is 2.38. The number of amides is 1. The molecule has 24 heavy (non-hydrogen) atoms. The summed E-state index contributed by atoms with van der Waals surface area (Å²) in [6.45, 7) is 4.01. The first-order valence-electron chi connectivity index (χ1n) is 7.86. The third kappa shape index (κ3) is 4.84. The molecule has 0 aromatic carbocycles. The van der Waals surface area contributed by atoms with Gasteiger partial charge in [-0.3, -0.25) is 9.59 Å². The van der Waals surface area contributed by atoms with Gasteiger partial charge in [-0.05, 0) is 25.2 Å². The number of ketones is 1. The van der Waals surface area contributed by atoms with E-state index in [0.29, 0.717) is 25.2 Å². The molecule has 2 rings (SSSR count). The minimum atomic E-state index is -3.75. The Labute approximate surface area is 146 Å². The van der Waals surface area contributed by atoms with Crippen LogP contribution in [0, 0.1) is 12.3 Å². The summed E-state index contributed by atoms with van der Waals surface area (Å²) < 4.78 is 26.1. The molecule has 9 heteroatoms. The number of hydrogen-bond acceptors (Lipinski definition) is 6. The van der Waals surface area contributed by atoms with Crippen LogP contribution in [0.15, 0.2) is 15.9 Å². The molecule has 1 fully saturated rings. The van der Waals surface area contributed by atoms with E-state index in [2.05, 4.69) is 10.3 Å². The average Bonchev–Trinajstić information content (AvgIpc) is 2.99. The maximum absolute atomic E-state index is 12.5. The topological polar surface area (TPSA) is 96.4 Å². The molecule has 7 nitrogen and oxygen atoms in total. The van der Waals surface area contributed by atoms with Crippen molar-refractivity contribution in [2.45, 2.75) is 43.5 Å². The molecule has 0 bridgehead atoms. The van der Waals surface area contributed by atoms with E-state index in [9.17, 15) is 18.0 Å². The van der Waals surface area contributed by atoms with Gasteiger partial charge in [0.15, 0.2) is 5.78 Å². The van der Waals surface area contributed by atoms with Crippen LogP contribution in [0.3, 0.4) is 0 Å². The van der Waals surface area contributed by atoms with Gasteiger partial charge in [-0.25, -0.2) is 13.4 Å². The van der Waals surface area contributed by atoms with E-state index in [1.165, 1.54) is 12.6 Å². The van der Waals surface area contributed by atoms with Crippen LogP contribution in [0.2, 0.25) is 0 Å². The SMILES string of the molecule is CC(C)C[CH]C(=O)N[C@H]1CCCN(S(=O)(=O)c2nccs2)CC1=O. The van der Waals surface area contributed by atoms with Crippen molar-refractivity contribution in [2.75, 3.05) is 13.1 Å². The van der Waals surface area contributed by atoms with Gasteiger partial charge in [0, 0.05) is 24.5 Å². The molecule has 1 aliphatic rings. The lowest BCUT2D eigenvalue weighted by Gasteiger charge is -2.18. The predicted molar refractivity (Wildman–Crippen MR) is 90.8 cm³/mol. The van der Waals surface area contributed by atoms with Gasteiger partial charge < -0.3 is 5.32 Å². The first-order chi connectivity index (χ1) is 11.3. The summed E-state index contributed by atoms with van der Waals surface area (Å²) in [5, 5.41) is 4.28. The normalized spacial score (nSPS) is 20.1. The Morgan fingerprint density at radius 2 is 2.29 bits per heavy atom. The second-order valence-electron chi connectivity index (χ2n) is 6.14. The highest BCUT2D eigenvalue weighted by atomic mass is 32.2. The van der Waals surface area contributed by atoms with Gasteiger partial charge in [-0.1, -0.05) is 13.8 Å². The molecule has 1 saturated heterocycles. The number of nitrogens with one attached hydrogen (secondary N) is 1. The third-order valence-corrected chi connectivity index (χ3v) is 6.71. The predicted octanol–water partition coefficient (Wildman–Crippen LogP) is 1.23. The summed E-state index contributed by atoms with van der Waals surface area (Å²) >= 11 is 1.03. The van der Waals surface area contributed by atoms with E-state index in [0.717, 1.165) is 15.6 Å². The molecule has 1 aromatic heterocycles. The number of nitrogens with zero attached hydrogens (tertiary/aromatic N) is 2. The van der Waals surface area contributed by atoms with Crippen LogP contribution in [0.1, 0.15) is 33.1 Å². The second-order valence-corrected chi connectivity index (χ2v) is 9.15. The third-order valence-electron chi connectivity index (χ3n) is 3.68. The van der Waals surface area contributed by atoms with Crippen LogP contribution in [-0.2, 0) is 19.6 Å². The molecule has 1 aliphatic heterocycles. The minimum Gasteiger partial charge on any atom is -0.346 e. The average molecular weight is 372 g/mol. The van der Waals surface area contributed by atoms with E-state index >= 15 is 0 Å². The molecule has 0 unspecified atom stereocenters. The van der Waals surface area contributed by atoms with Crippen LogP contribution in [0.25, 0.3) is 0 Å². The zero-order chi connectivity index (χ0) is 17.7. The molecule has 0 saturated carbocycles. The van der Waals surface area contributed by atoms with Crippen LogP contribution < -0.4 is 5.32 Å². The molecule has 1 radical (unpaired) electrons. The number of aromatic nitrogens is 1. The summed E-state index contributed by atoms with van der Waals surface area (Å²) in [7, 11) is -3.75. The smallest absolute Gasteiger partial charge is 0.270 e. The highest BCUT2D eigenvalue weighted by Gasteiger charge is 2.34. The maximum atomic E-state index is 12.5. The number of hydrogen-bond donors (Lipinski definition) is 1. The van der Waals surface area contributed by atoms with E-state index in [4.69, 9.17) is 0 Å². The molecule has 0 aliphatic carbocycles. The van der Waals surface area contributed by atoms with Crippen LogP contribution in [0.4, 0.5) is 0 Å². The van der Waals surface area contributed by atoms with Gasteiger partial charge in [-0.15, -0.1) is 11.3 Å². The largest absolute Gasteiger partial charge is 0.346 e. The Morgan fingerprint density at radius 3 is 2.92 bits per heavy atom. The first-order valence-corrected chi connectivity index (χ1v) is 10.2. The second kappa shape index (κ2) is 8.17. The van der Waals surface area contributed by atoms with E-state index in [1.54, 1.807) is 5.38 Å². The molecule has 1 aromatic rings. The molecule has 2 heterocycles. The van der Waals surface area contributed by atoms with Crippen molar-refractivity contribution in [3.05, 3.63) is 18.0 Å². The van der Waals surface area contributed by atoms with Crippen molar-refractivity contribution in [1.29, 1.82) is 0 Å². The van der Waals surface area contributed by atoms with Gasteiger partial charge in [-0.2, -0.15) is 4.31 Å². The Balaban J connectivity index is 1.99. The molecule has 1 N–H and O–H groups in total. The van der Waals surface area contributed by atoms with Crippen molar-refractivity contribution in [3.63, 3.8) is 0 Å². The summed E-state index contributed by atoms with van der Waals surface area (Å²) in [6, 6.07) is -0.641. The van der Waals surface area contributed by atoms with Gasteiger partial charge in [0.25, 0.3) is 10.0 Å². The highest BCUT2D eigenvalue weighted by Crippen LogP contribution is 2.21. The van der Waals surface area contributed by atoms with Gasteiger partial charge in [0.05, 0.1) is 12.6 Å². The fraction of sp³-hybridized carbons (Fsp3) is 0.600. The molecular formula is C15H22N3O4S2. The quantitative estimate of drug-likeness (QED) is 0.810. The summed E-state index contributed by atoms with van der Waals surface area (Å²) in [6.07, 6.45) is 4.53. The first kappa shape index (κ1) is 19.0. The zero-order valence-electron chi connectivity index (χ0n) is 13.8. The Morgan fingerprint density at radius 1 is 1.54 bits per heavy atom. The van der Waals surface area contributed by atoms with Crippen LogP contribution >= 0.6 is 11.3 Å². The van der Waals surface area contributed by atoms with Gasteiger partial charge in [0.1, 0.15) is 0 Å². The van der Waals surface area contributed by atoms with Crippen molar-refractivity contribution in [1.82, 2.24) is 14.6 Å². The van der Waals surface area contributed by atoms with Gasteiger partial charge in [0.2, 0.25) is 10.2 Å². The molecular weight excluding hydrogens is 350 g/mol.